The number of hydrogen-bond acceptors (Lipinski definition) is 2. The van der Waals surface area contributed by atoms with Crippen molar-refractivity contribution >= 4 is 57.8 Å². The van der Waals surface area contributed by atoms with Gasteiger partial charge in [-0.2, -0.15) is 5.10 Å². The number of benzene rings is 3. The maximum atomic E-state index is 6.46. The van der Waals surface area contributed by atoms with Gasteiger partial charge in [-0.1, -0.05) is 70.7 Å². The average molecular weight is 436 g/mol. The van der Waals surface area contributed by atoms with Gasteiger partial charge < -0.3 is 0 Å². The Morgan fingerprint density at radius 1 is 0.741 bits per heavy atom. The Labute approximate surface area is 177 Å². The second-order valence-corrected chi connectivity index (χ2v) is 7.98. The van der Waals surface area contributed by atoms with Crippen LogP contribution in [0.5, 0.6) is 0 Å². The van der Waals surface area contributed by atoms with Crippen LogP contribution in [0.2, 0.25) is 20.1 Å². The van der Waals surface area contributed by atoms with E-state index in [0.29, 0.717) is 20.1 Å². The van der Waals surface area contributed by atoms with Gasteiger partial charge in [-0.05, 0) is 53.6 Å². The molecule has 1 atom stereocenters. The van der Waals surface area contributed by atoms with Crippen molar-refractivity contribution in [2.45, 2.75) is 12.5 Å². The van der Waals surface area contributed by atoms with Crippen LogP contribution < -0.4 is 5.01 Å². The first-order valence-electron chi connectivity index (χ1n) is 8.34. The lowest BCUT2D eigenvalue weighted by Gasteiger charge is -2.25. The van der Waals surface area contributed by atoms with E-state index in [-0.39, 0.29) is 6.04 Å². The number of hydrogen-bond donors (Lipinski definition) is 0. The molecule has 27 heavy (non-hydrogen) atoms. The van der Waals surface area contributed by atoms with Crippen LogP contribution in [0.15, 0.2) is 71.8 Å². The quantitative estimate of drug-likeness (QED) is 0.412. The highest BCUT2D eigenvalue weighted by atomic mass is 35.5. The van der Waals surface area contributed by atoms with E-state index in [1.165, 1.54) is 0 Å². The number of halogens is 4. The molecule has 1 unspecified atom stereocenters. The molecule has 0 saturated heterocycles. The zero-order chi connectivity index (χ0) is 19.0. The average Bonchev–Trinajstić information content (AvgIpc) is 3.10. The molecule has 0 aromatic heterocycles. The molecule has 1 heterocycles. The molecular weight excluding hydrogens is 422 g/mol. The highest BCUT2D eigenvalue weighted by Crippen LogP contribution is 2.41. The Morgan fingerprint density at radius 3 is 2.00 bits per heavy atom. The molecule has 0 aliphatic carbocycles. The SMILES string of the molecule is Clc1ccc(C2=NN(c3cc(Cl)ccc3Cl)C(c3ccc(Cl)cc3)C2)cc1. The number of nitrogens with zero attached hydrogens (tertiary/aromatic N) is 2. The van der Waals surface area contributed by atoms with Crippen LogP contribution in [0.4, 0.5) is 5.69 Å². The van der Waals surface area contributed by atoms with Gasteiger partial charge in [-0.15, -0.1) is 0 Å². The predicted octanol–water partition coefficient (Wildman–Crippen LogP) is 7.66. The molecule has 0 amide bonds. The third-order valence-corrected chi connectivity index (χ3v) is 5.56. The molecule has 6 heteroatoms. The maximum absolute atomic E-state index is 6.46. The third kappa shape index (κ3) is 3.95. The van der Waals surface area contributed by atoms with Gasteiger partial charge in [-0.3, -0.25) is 5.01 Å². The van der Waals surface area contributed by atoms with Crippen LogP contribution in [0, 0.1) is 0 Å². The Bertz CT molecular complexity index is 998. The van der Waals surface area contributed by atoms with Crippen LogP contribution in [-0.4, -0.2) is 5.71 Å². The number of hydrazone groups is 1. The molecular formula is C21H14Cl4N2. The van der Waals surface area contributed by atoms with E-state index in [2.05, 4.69) is 0 Å². The predicted molar refractivity (Wildman–Crippen MR) is 116 cm³/mol. The topological polar surface area (TPSA) is 15.6 Å². The van der Waals surface area contributed by atoms with Crippen LogP contribution in [0.3, 0.4) is 0 Å². The zero-order valence-corrected chi connectivity index (χ0v) is 17.1. The summed E-state index contributed by atoms with van der Waals surface area (Å²) in [5, 5.41) is 9.40. The van der Waals surface area contributed by atoms with E-state index in [4.69, 9.17) is 51.5 Å². The van der Waals surface area contributed by atoms with Crippen molar-refractivity contribution in [2.24, 2.45) is 5.10 Å². The highest BCUT2D eigenvalue weighted by molar-refractivity contribution is 6.35. The second kappa shape index (κ2) is 7.73. The van der Waals surface area contributed by atoms with Gasteiger partial charge in [0.2, 0.25) is 0 Å². The van der Waals surface area contributed by atoms with Crippen LogP contribution >= 0.6 is 46.4 Å². The molecule has 1 aliphatic heterocycles. The summed E-state index contributed by atoms with van der Waals surface area (Å²) < 4.78 is 0. The summed E-state index contributed by atoms with van der Waals surface area (Å²) in [4.78, 5) is 0. The first-order chi connectivity index (χ1) is 13.0. The van der Waals surface area contributed by atoms with E-state index in [1.54, 1.807) is 12.1 Å². The van der Waals surface area contributed by atoms with Gasteiger partial charge in [-0.25, -0.2) is 0 Å². The monoisotopic (exact) mass is 434 g/mol. The molecule has 0 bridgehead atoms. The molecule has 3 aromatic carbocycles. The van der Waals surface area contributed by atoms with Crippen molar-refractivity contribution < 1.29 is 0 Å². The third-order valence-electron chi connectivity index (χ3n) is 4.50. The van der Waals surface area contributed by atoms with E-state index >= 15 is 0 Å². The number of rotatable bonds is 3. The van der Waals surface area contributed by atoms with Gasteiger partial charge in [0.15, 0.2) is 0 Å². The smallest absolute Gasteiger partial charge is 0.0832 e. The minimum atomic E-state index is -0.0103. The van der Waals surface area contributed by atoms with Gasteiger partial charge in [0.05, 0.1) is 22.5 Å². The standard InChI is InChI=1S/C21H14Cl4N2/c22-15-5-1-13(2-6-15)19-12-20(14-3-7-16(23)8-4-14)27(26-19)21-11-17(24)9-10-18(21)25/h1-11,20H,12H2. The second-order valence-electron chi connectivity index (χ2n) is 6.27. The minimum Gasteiger partial charge on any atom is -0.256 e. The Morgan fingerprint density at radius 2 is 1.33 bits per heavy atom. The fraction of sp³-hybridized carbons (Fsp3) is 0.0952. The van der Waals surface area contributed by atoms with Crippen molar-refractivity contribution in [1.82, 2.24) is 0 Å². The van der Waals surface area contributed by atoms with Gasteiger partial charge in [0.1, 0.15) is 0 Å². The van der Waals surface area contributed by atoms with E-state index < -0.39 is 0 Å². The van der Waals surface area contributed by atoms with E-state index in [0.717, 1.165) is 28.9 Å². The van der Waals surface area contributed by atoms with E-state index in [9.17, 15) is 0 Å². The van der Waals surface area contributed by atoms with Crippen LogP contribution in [-0.2, 0) is 0 Å². The van der Waals surface area contributed by atoms with Gasteiger partial charge >= 0.3 is 0 Å². The van der Waals surface area contributed by atoms with Crippen molar-refractivity contribution in [3.05, 3.63) is 97.9 Å². The summed E-state index contributed by atoms with van der Waals surface area (Å²) in [6.07, 6.45) is 0.728. The van der Waals surface area contributed by atoms with E-state index in [1.807, 2.05) is 59.6 Å². The first-order valence-corrected chi connectivity index (χ1v) is 9.85. The summed E-state index contributed by atoms with van der Waals surface area (Å²) in [5.74, 6) is 0. The lowest BCUT2D eigenvalue weighted by Crippen LogP contribution is -2.18. The normalized spacial score (nSPS) is 16.5. The molecule has 3 aromatic rings. The molecule has 2 nitrogen and oxygen atoms in total. The largest absolute Gasteiger partial charge is 0.256 e. The molecule has 136 valence electrons. The molecule has 1 aliphatic rings. The Hall–Kier alpha value is -1.71. The molecule has 4 rings (SSSR count). The van der Waals surface area contributed by atoms with Crippen LogP contribution in [0.1, 0.15) is 23.6 Å². The summed E-state index contributed by atoms with van der Waals surface area (Å²) in [6.45, 7) is 0. The van der Waals surface area contributed by atoms with Crippen LogP contribution in [0.25, 0.3) is 0 Å². The molecule has 0 saturated carbocycles. The number of anilines is 1. The summed E-state index contributed by atoms with van der Waals surface area (Å²) in [7, 11) is 0. The Kier molecular flexibility index (Phi) is 5.34. The Balaban J connectivity index is 1.79. The molecule has 0 N–H and O–H groups in total. The van der Waals surface area contributed by atoms with Crippen molar-refractivity contribution in [2.75, 3.05) is 5.01 Å². The zero-order valence-electron chi connectivity index (χ0n) is 14.0. The summed E-state index contributed by atoms with van der Waals surface area (Å²) in [5.41, 5.74) is 3.86. The lowest BCUT2D eigenvalue weighted by molar-refractivity contribution is 0.709. The van der Waals surface area contributed by atoms with Crippen molar-refractivity contribution in [3.63, 3.8) is 0 Å². The molecule has 0 spiro atoms. The summed E-state index contributed by atoms with van der Waals surface area (Å²) in [6, 6.07) is 20.9. The van der Waals surface area contributed by atoms with Crippen molar-refractivity contribution in [3.8, 4) is 0 Å². The van der Waals surface area contributed by atoms with Gasteiger partial charge in [0.25, 0.3) is 0 Å². The minimum absolute atomic E-state index is 0.0103. The fourth-order valence-electron chi connectivity index (χ4n) is 3.16. The van der Waals surface area contributed by atoms with Gasteiger partial charge in [0, 0.05) is 21.5 Å². The molecule has 0 radical (unpaired) electrons. The maximum Gasteiger partial charge on any atom is 0.0832 e. The first kappa shape index (κ1) is 18.6. The lowest BCUT2D eigenvalue weighted by atomic mass is 9.98. The highest BCUT2D eigenvalue weighted by Gasteiger charge is 2.31. The molecule has 0 fully saturated rings. The summed E-state index contributed by atoms with van der Waals surface area (Å²) >= 11 is 24.8. The van der Waals surface area contributed by atoms with Crippen molar-refractivity contribution in [1.29, 1.82) is 0 Å². The fourth-order valence-corrected chi connectivity index (χ4v) is 3.78.